The molecule has 1 aliphatic heterocycles. The fraction of sp³-hybridized carbons (Fsp3) is 0.556. The Labute approximate surface area is 81.4 Å². The van der Waals surface area contributed by atoms with E-state index in [0.717, 1.165) is 10.5 Å². The molecule has 5 heteroatoms. The van der Waals surface area contributed by atoms with Crippen LogP contribution in [0.25, 0.3) is 0 Å². The minimum Gasteiger partial charge on any atom is -0.465 e. The maximum atomic E-state index is 10.9. The first kappa shape index (κ1) is 9.21. The highest BCUT2D eigenvalue weighted by molar-refractivity contribution is 5.85. The summed E-state index contributed by atoms with van der Waals surface area (Å²) >= 11 is 0. The second-order valence-electron chi connectivity index (χ2n) is 3.66. The van der Waals surface area contributed by atoms with Crippen molar-refractivity contribution >= 4 is 12.3 Å². The molecule has 2 atom stereocenters. The van der Waals surface area contributed by atoms with Crippen molar-refractivity contribution in [1.29, 1.82) is 0 Å². The Bertz CT molecular complexity index is 335. The second kappa shape index (κ2) is 3.09. The monoisotopic (exact) mass is 196 g/mol. The molecule has 76 valence electrons. The minimum atomic E-state index is -1.05. The zero-order chi connectivity index (χ0) is 10.3. The van der Waals surface area contributed by atoms with E-state index in [1.54, 1.807) is 6.21 Å². The zero-order valence-corrected chi connectivity index (χ0v) is 7.84. The van der Waals surface area contributed by atoms with Crippen LogP contribution in [0, 0.1) is 5.92 Å². The molecule has 0 fully saturated rings. The summed E-state index contributed by atoms with van der Waals surface area (Å²) in [7, 11) is 0. The number of carbonyl (C=O) groups is 1. The van der Waals surface area contributed by atoms with E-state index in [0.29, 0.717) is 12.1 Å². The quantitative estimate of drug-likeness (QED) is 0.597. The molecule has 0 radical (unpaired) electrons. The van der Waals surface area contributed by atoms with Crippen LogP contribution in [-0.2, 0) is 0 Å². The Morgan fingerprint density at radius 1 is 1.71 bits per heavy atom. The summed E-state index contributed by atoms with van der Waals surface area (Å²) in [4.78, 5) is 15.9. The molecule has 0 unspecified atom stereocenters. The van der Waals surface area contributed by atoms with E-state index >= 15 is 0 Å². The Morgan fingerprint density at radius 2 is 2.43 bits per heavy atom. The number of nitrogens with zero attached hydrogens (tertiary/aromatic N) is 2. The lowest BCUT2D eigenvalue weighted by molar-refractivity contribution is 0.131. The third-order valence-electron chi connectivity index (χ3n) is 2.69. The maximum Gasteiger partial charge on any atom is 0.413 e. The fourth-order valence-electron chi connectivity index (χ4n) is 2.01. The van der Waals surface area contributed by atoms with E-state index in [4.69, 9.17) is 5.11 Å². The van der Waals surface area contributed by atoms with Gasteiger partial charge in [-0.3, -0.25) is 9.89 Å². The second-order valence-corrected chi connectivity index (χ2v) is 3.66. The molecular weight excluding hydrogens is 184 g/mol. The summed E-state index contributed by atoms with van der Waals surface area (Å²) in [5.74, 6) is 0.186. The van der Waals surface area contributed by atoms with E-state index in [1.807, 2.05) is 6.92 Å². The summed E-state index contributed by atoms with van der Waals surface area (Å²) in [5.41, 5.74) is 1.37. The van der Waals surface area contributed by atoms with Crippen molar-refractivity contribution in [3.05, 3.63) is 11.3 Å². The number of aliphatic imine (C=N–C) groups is 1. The Morgan fingerprint density at radius 3 is 3.07 bits per heavy atom. The van der Waals surface area contributed by atoms with Crippen molar-refractivity contribution in [2.75, 3.05) is 6.67 Å². The fourth-order valence-corrected chi connectivity index (χ4v) is 2.01. The van der Waals surface area contributed by atoms with Gasteiger partial charge in [-0.15, -0.1) is 0 Å². The molecule has 0 aromatic rings. The predicted octanol–water partition coefficient (Wildman–Crippen LogP) is 0.663. The molecular formula is C9H12N2O3. The van der Waals surface area contributed by atoms with Gasteiger partial charge in [0.2, 0.25) is 0 Å². The van der Waals surface area contributed by atoms with Crippen molar-refractivity contribution in [2.45, 2.75) is 19.4 Å². The van der Waals surface area contributed by atoms with Crippen LogP contribution in [0.15, 0.2) is 16.3 Å². The molecule has 0 aromatic carbocycles. The zero-order valence-electron chi connectivity index (χ0n) is 7.84. The standard InChI is InChI=1S/C9H12N2O3/c1-5-2-7(12)8-6(5)3-10-4-11(8)9(13)14/h3,5,7,12H,2,4H2,1H3,(H,13,14)/t5-,7+/m1/s1. The summed E-state index contributed by atoms with van der Waals surface area (Å²) in [6, 6.07) is 0. The third-order valence-corrected chi connectivity index (χ3v) is 2.69. The van der Waals surface area contributed by atoms with Gasteiger partial charge in [-0.1, -0.05) is 6.92 Å². The molecule has 2 aliphatic rings. The molecule has 0 aromatic heterocycles. The smallest absolute Gasteiger partial charge is 0.413 e. The van der Waals surface area contributed by atoms with Crippen LogP contribution in [0.4, 0.5) is 4.79 Å². The first-order valence-electron chi connectivity index (χ1n) is 4.53. The van der Waals surface area contributed by atoms with Crippen LogP contribution >= 0.6 is 0 Å². The topological polar surface area (TPSA) is 73.1 Å². The number of carboxylic acid groups (broad SMARTS) is 1. The average Bonchev–Trinajstić information content (AvgIpc) is 2.43. The van der Waals surface area contributed by atoms with Gasteiger partial charge in [-0.25, -0.2) is 4.79 Å². The van der Waals surface area contributed by atoms with Crippen LogP contribution in [-0.4, -0.2) is 40.2 Å². The maximum absolute atomic E-state index is 10.9. The first-order chi connectivity index (χ1) is 6.61. The van der Waals surface area contributed by atoms with Crippen LogP contribution in [0.3, 0.4) is 0 Å². The van der Waals surface area contributed by atoms with E-state index in [1.165, 1.54) is 0 Å². The molecule has 0 spiro atoms. The van der Waals surface area contributed by atoms with Crippen molar-refractivity contribution < 1.29 is 15.0 Å². The van der Waals surface area contributed by atoms with Gasteiger partial charge in [0.05, 0.1) is 11.8 Å². The molecule has 2 rings (SSSR count). The molecule has 0 saturated carbocycles. The van der Waals surface area contributed by atoms with Crippen molar-refractivity contribution in [3.8, 4) is 0 Å². The first-order valence-corrected chi connectivity index (χ1v) is 4.53. The van der Waals surface area contributed by atoms with Gasteiger partial charge in [0.15, 0.2) is 0 Å². The minimum absolute atomic E-state index is 0.0952. The number of aliphatic hydroxyl groups is 1. The van der Waals surface area contributed by atoms with Crippen LogP contribution in [0.1, 0.15) is 13.3 Å². The van der Waals surface area contributed by atoms with Crippen LogP contribution in [0.5, 0.6) is 0 Å². The number of rotatable bonds is 0. The number of allylic oxidation sites excluding steroid dienone is 1. The van der Waals surface area contributed by atoms with Gasteiger partial charge in [-0.05, 0) is 17.9 Å². The Hall–Kier alpha value is -1.36. The molecule has 2 N–H and O–H groups in total. The normalized spacial score (nSPS) is 30.9. The van der Waals surface area contributed by atoms with E-state index in [9.17, 15) is 9.90 Å². The van der Waals surface area contributed by atoms with Gasteiger partial charge in [0.25, 0.3) is 0 Å². The number of hydrogen-bond acceptors (Lipinski definition) is 3. The number of amides is 1. The van der Waals surface area contributed by atoms with E-state index in [2.05, 4.69) is 4.99 Å². The molecule has 1 heterocycles. The largest absolute Gasteiger partial charge is 0.465 e. The Balaban J connectivity index is 2.40. The SMILES string of the molecule is C[C@@H]1C[C@H](O)C2=C1C=NCN2C(=O)O. The van der Waals surface area contributed by atoms with Gasteiger partial charge >= 0.3 is 6.09 Å². The summed E-state index contributed by atoms with van der Waals surface area (Å²) in [6.07, 6.45) is 0.543. The lowest BCUT2D eigenvalue weighted by Gasteiger charge is -2.24. The van der Waals surface area contributed by atoms with Gasteiger partial charge < -0.3 is 10.2 Å². The van der Waals surface area contributed by atoms with Gasteiger partial charge in [0.1, 0.15) is 6.67 Å². The van der Waals surface area contributed by atoms with Gasteiger partial charge in [0, 0.05) is 6.21 Å². The number of aliphatic hydroxyl groups excluding tert-OH is 1. The van der Waals surface area contributed by atoms with Crippen molar-refractivity contribution in [3.63, 3.8) is 0 Å². The van der Waals surface area contributed by atoms with Crippen LogP contribution < -0.4 is 0 Å². The molecule has 0 saturated heterocycles. The number of hydrogen-bond donors (Lipinski definition) is 2. The van der Waals surface area contributed by atoms with Crippen LogP contribution in [0.2, 0.25) is 0 Å². The van der Waals surface area contributed by atoms with Crippen molar-refractivity contribution in [2.24, 2.45) is 10.9 Å². The molecule has 5 nitrogen and oxygen atoms in total. The highest BCUT2D eigenvalue weighted by Gasteiger charge is 2.36. The molecule has 1 amide bonds. The third kappa shape index (κ3) is 1.21. The summed E-state index contributed by atoms with van der Waals surface area (Å²) in [6.45, 7) is 2.06. The average molecular weight is 196 g/mol. The van der Waals surface area contributed by atoms with E-state index in [-0.39, 0.29) is 12.6 Å². The molecule has 14 heavy (non-hydrogen) atoms. The summed E-state index contributed by atoms with van der Waals surface area (Å²) < 4.78 is 0. The van der Waals surface area contributed by atoms with Crippen molar-refractivity contribution in [1.82, 2.24) is 4.90 Å². The molecule has 0 bridgehead atoms. The van der Waals surface area contributed by atoms with Gasteiger partial charge in [-0.2, -0.15) is 0 Å². The lowest BCUT2D eigenvalue weighted by Crippen LogP contribution is -2.35. The Kier molecular flexibility index (Phi) is 2.03. The predicted molar refractivity (Wildman–Crippen MR) is 50.0 cm³/mol. The lowest BCUT2D eigenvalue weighted by atomic mass is 10.0. The van der Waals surface area contributed by atoms with E-state index < -0.39 is 12.2 Å². The molecule has 1 aliphatic carbocycles. The summed E-state index contributed by atoms with van der Waals surface area (Å²) in [5, 5.41) is 18.6. The highest BCUT2D eigenvalue weighted by atomic mass is 16.4. The highest BCUT2D eigenvalue weighted by Crippen LogP contribution is 2.34.